The van der Waals surface area contributed by atoms with Crippen LogP contribution in [0.3, 0.4) is 0 Å². The van der Waals surface area contributed by atoms with E-state index in [1.165, 1.54) is 18.2 Å². The van der Waals surface area contributed by atoms with Gasteiger partial charge in [0.2, 0.25) is 0 Å². The van der Waals surface area contributed by atoms with Crippen molar-refractivity contribution in [1.29, 1.82) is 0 Å². The first-order valence-electron chi connectivity index (χ1n) is 6.16. The van der Waals surface area contributed by atoms with Gasteiger partial charge in [-0.3, -0.25) is 0 Å². The Kier molecular flexibility index (Phi) is 4.68. The van der Waals surface area contributed by atoms with Gasteiger partial charge in [0.15, 0.2) is 11.6 Å². The Morgan fingerprint density at radius 2 is 1.80 bits per heavy atom. The van der Waals surface area contributed by atoms with Gasteiger partial charge in [0.05, 0.1) is 11.1 Å². The molecule has 0 aliphatic heterocycles. The molecule has 0 heterocycles. The Morgan fingerprint density at radius 1 is 1.05 bits per heavy atom. The molecule has 2 rings (SSSR count). The highest BCUT2D eigenvalue weighted by molar-refractivity contribution is 6.31. The average molecular weight is 300 g/mol. The van der Waals surface area contributed by atoms with E-state index in [-0.39, 0.29) is 5.02 Å². The number of benzene rings is 2. The van der Waals surface area contributed by atoms with Gasteiger partial charge in [-0.05, 0) is 35.9 Å². The van der Waals surface area contributed by atoms with E-state index in [0.717, 1.165) is 12.1 Å². The van der Waals surface area contributed by atoms with Gasteiger partial charge in [-0.2, -0.15) is 0 Å². The lowest BCUT2D eigenvalue weighted by molar-refractivity contribution is 0.503. The zero-order valence-electron chi connectivity index (χ0n) is 10.8. The lowest BCUT2D eigenvalue weighted by Gasteiger charge is -2.20. The van der Waals surface area contributed by atoms with Gasteiger partial charge >= 0.3 is 0 Å². The van der Waals surface area contributed by atoms with Crippen LogP contribution in [-0.4, -0.2) is 6.54 Å². The molecule has 0 saturated carbocycles. The first kappa shape index (κ1) is 14.9. The zero-order chi connectivity index (χ0) is 14.7. The van der Waals surface area contributed by atoms with Crippen LogP contribution in [0.4, 0.5) is 13.2 Å². The van der Waals surface area contributed by atoms with Crippen LogP contribution in [0.25, 0.3) is 0 Å². The second-order valence-corrected chi connectivity index (χ2v) is 4.69. The van der Waals surface area contributed by atoms with E-state index in [9.17, 15) is 13.2 Å². The second-order valence-electron chi connectivity index (χ2n) is 4.31. The van der Waals surface area contributed by atoms with Crippen LogP contribution in [-0.2, 0) is 0 Å². The third-order valence-electron chi connectivity index (χ3n) is 2.98. The first-order valence-corrected chi connectivity index (χ1v) is 6.54. The van der Waals surface area contributed by atoms with Gasteiger partial charge in [0, 0.05) is 0 Å². The maximum absolute atomic E-state index is 13.5. The zero-order valence-corrected chi connectivity index (χ0v) is 11.5. The fraction of sp³-hybridized carbons (Fsp3) is 0.200. The second kappa shape index (κ2) is 6.29. The summed E-state index contributed by atoms with van der Waals surface area (Å²) in [6.07, 6.45) is 0. The minimum Gasteiger partial charge on any atom is -0.306 e. The summed E-state index contributed by atoms with van der Waals surface area (Å²) >= 11 is 5.96. The molecule has 106 valence electrons. The molecule has 1 N–H and O–H groups in total. The van der Waals surface area contributed by atoms with Crippen molar-refractivity contribution < 1.29 is 13.2 Å². The summed E-state index contributed by atoms with van der Waals surface area (Å²) in [5.74, 6) is -2.41. The molecule has 0 fully saturated rings. The quantitative estimate of drug-likeness (QED) is 0.879. The highest BCUT2D eigenvalue weighted by Crippen LogP contribution is 2.30. The van der Waals surface area contributed by atoms with E-state index < -0.39 is 23.5 Å². The van der Waals surface area contributed by atoms with Crippen molar-refractivity contribution in [2.45, 2.75) is 13.0 Å². The third kappa shape index (κ3) is 2.97. The van der Waals surface area contributed by atoms with E-state index in [2.05, 4.69) is 5.32 Å². The molecule has 0 spiro atoms. The smallest absolute Gasteiger partial charge is 0.159 e. The van der Waals surface area contributed by atoms with Crippen LogP contribution < -0.4 is 5.32 Å². The summed E-state index contributed by atoms with van der Waals surface area (Å²) in [6, 6.07) is 7.51. The largest absolute Gasteiger partial charge is 0.306 e. The predicted molar refractivity (Wildman–Crippen MR) is 73.3 cm³/mol. The molecule has 0 aliphatic rings. The van der Waals surface area contributed by atoms with Crippen molar-refractivity contribution in [2.75, 3.05) is 6.54 Å². The number of nitrogens with one attached hydrogen (secondary N) is 1. The molecule has 5 heteroatoms. The average Bonchev–Trinajstić information content (AvgIpc) is 2.43. The van der Waals surface area contributed by atoms with Crippen LogP contribution in [0.2, 0.25) is 5.02 Å². The maximum atomic E-state index is 13.5. The van der Waals surface area contributed by atoms with Gasteiger partial charge < -0.3 is 5.32 Å². The van der Waals surface area contributed by atoms with Gasteiger partial charge in [0.1, 0.15) is 5.82 Å². The summed E-state index contributed by atoms with van der Waals surface area (Å²) in [6.45, 7) is 2.43. The van der Waals surface area contributed by atoms with Crippen molar-refractivity contribution in [3.05, 3.63) is 70.0 Å². The Bertz CT molecular complexity index is 616. The molecule has 0 saturated heterocycles. The van der Waals surface area contributed by atoms with E-state index in [1.807, 2.05) is 6.92 Å². The summed E-state index contributed by atoms with van der Waals surface area (Å²) in [5.41, 5.74) is 0.970. The van der Waals surface area contributed by atoms with Crippen LogP contribution in [0, 0.1) is 17.5 Å². The Balaban J connectivity index is 2.50. The molecule has 1 atom stereocenters. The minimum absolute atomic E-state index is 0.0248. The molecule has 20 heavy (non-hydrogen) atoms. The summed E-state index contributed by atoms with van der Waals surface area (Å²) in [7, 11) is 0. The molecule has 2 aromatic carbocycles. The number of hydrogen-bond acceptors (Lipinski definition) is 1. The van der Waals surface area contributed by atoms with Crippen LogP contribution in [0.1, 0.15) is 24.1 Å². The molecular formula is C15H13ClF3N. The van der Waals surface area contributed by atoms with Gasteiger partial charge in [-0.15, -0.1) is 0 Å². The lowest BCUT2D eigenvalue weighted by atomic mass is 9.98. The summed E-state index contributed by atoms with van der Waals surface area (Å²) in [5, 5.41) is 3.06. The first-order chi connectivity index (χ1) is 9.54. The molecule has 1 unspecified atom stereocenters. The topological polar surface area (TPSA) is 12.0 Å². The lowest BCUT2D eigenvalue weighted by Crippen LogP contribution is -2.22. The standard InChI is InChI=1S/C15H13ClF3N/c1-2-20-15(9-6-7-11(17)13(19)8-9)10-4-3-5-12(18)14(10)16/h3-8,15,20H,2H2,1H3. The van der Waals surface area contributed by atoms with E-state index >= 15 is 0 Å². The number of rotatable bonds is 4. The van der Waals surface area contributed by atoms with Gasteiger partial charge in [0.25, 0.3) is 0 Å². The molecule has 0 aliphatic carbocycles. The Morgan fingerprint density at radius 3 is 2.45 bits per heavy atom. The number of halogens is 4. The number of hydrogen-bond donors (Lipinski definition) is 1. The van der Waals surface area contributed by atoms with E-state index in [4.69, 9.17) is 11.6 Å². The third-order valence-corrected chi connectivity index (χ3v) is 3.38. The molecule has 0 amide bonds. The van der Waals surface area contributed by atoms with Crippen LogP contribution in [0.15, 0.2) is 36.4 Å². The molecular weight excluding hydrogens is 287 g/mol. The minimum atomic E-state index is -0.946. The van der Waals surface area contributed by atoms with Crippen molar-refractivity contribution in [3.8, 4) is 0 Å². The predicted octanol–water partition coefficient (Wildman–Crippen LogP) is 4.46. The molecule has 0 aromatic heterocycles. The maximum Gasteiger partial charge on any atom is 0.159 e. The Labute approximate surface area is 120 Å². The van der Waals surface area contributed by atoms with Crippen molar-refractivity contribution in [1.82, 2.24) is 5.32 Å². The van der Waals surface area contributed by atoms with Crippen LogP contribution in [0.5, 0.6) is 0 Å². The molecule has 0 radical (unpaired) electrons. The summed E-state index contributed by atoms with van der Waals surface area (Å²) in [4.78, 5) is 0. The highest BCUT2D eigenvalue weighted by atomic mass is 35.5. The van der Waals surface area contributed by atoms with E-state index in [0.29, 0.717) is 17.7 Å². The molecule has 0 bridgehead atoms. The normalized spacial score (nSPS) is 12.4. The van der Waals surface area contributed by atoms with E-state index in [1.54, 1.807) is 6.07 Å². The molecule has 2 aromatic rings. The van der Waals surface area contributed by atoms with Gasteiger partial charge in [-0.25, -0.2) is 13.2 Å². The monoisotopic (exact) mass is 299 g/mol. The fourth-order valence-electron chi connectivity index (χ4n) is 2.05. The highest BCUT2D eigenvalue weighted by Gasteiger charge is 2.19. The van der Waals surface area contributed by atoms with Crippen molar-refractivity contribution in [2.24, 2.45) is 0 Å². The summed E-state index contributed by atoms with van der Waals surface area (Å²) < 4.78 is 39.9. The Hall–Kier alpha value is -1.52. The fourth-order valence-corrected chi connectivity index (χ4v) is 2.28. The molecule has 1 nitrogen and oxygen atoms in total. The SMILES string of the molecule is CCNC(c1ccc(F)c(F)c1)c1cccc(F)c1Cl. The van der Waals surface area contributed by atoms with Crippen molar-refractivity contribution >= 4 is 11.6 Å². The van der Waals surface area contributed by atoms with Crippen LogP contribution >= 0.6 is 11.6 Å². The van der Waals surface area contributed by atoms with Crippen molar-refractivity contribution in [3.63, 3.8) is 0 Å². The van der Waals surface area contributed by atoms with Gasteiger partial charge in [-0.1, -0.05) is 36.7 Å².